The van der Waals surface area contributed by atoms with Crippen molar-refractivity contribution in [2.75, 3.05) is 6.54 Å². The molecule has 1 rings (SSSR count). The largest absolute Gasteiger partial charge is 0.480 e. The number of carboxylic acids is 1. The summed E-state index contributed by atoms with van der Waals surface area (Å²) in [6.45, 7) is 1.36. The Bertz CT molecular complexity index is 389. The lowest BCUT2D eigenvalue weighted by Crippen LogP contribution is -2.37. The van der Waals surface area contributed by atoms with Gasteiger partial charge < -0.3 is 5.11 Å². The molecular weight excluding hydrogens is 213 g/mol. The van der Waals surface area contributed by atoms with Crippen molar-refractivity contribution in [1.29, 1.82) is 0 Å². The smallest absolute Gasteiger partial charge is 0.320 e. The van der Waals surface area contributed by atoms with E-state index < -0.39 is 17.8 Å². The van der Waals surface area contributed by atoms with Crippen LogP contribution in [0.1, 0.15) is 17.3 Å². The van der Waals surface area contributed by atoms with Gasteiger partial charge in [0, 0.05) is 5.56 Å². The first-order valence-electron chi connectivity index (χ1n) is 4.75. The predicted molar refractivity (Wildman–Crippen MR) is 55.8 cm³/mol. The van der Waals surface area contributed by atoms with E-state index in [9.17, 15) is 14.0 Å². The molecule has 0 aliphatic rings. The number of aliphatic carboxylic acids is 1. The Morgan fingerprint density at radius 1 is 1.38 bits per heavy atom. The van der Waals surface area contributed by atoms with Gasteiger partial charge in [0.25, 0.3) is 0 Å². The summed E-state index contributed by atoms with van der Waals surface area (Å²) in [4.78, 5) is 22.0. The van der Waals surface area contributed by atoms with Gasteiger partial charge in [0.05, 0.1) is 6.54 Å². The van der Waals surface area contributed by atoms with E-state index >= 15 is 0 Å². The number of carboxylic acid groups (broad SMARTS) is 1. The first kappa shape index (κ1) is 12.3. The topological polar surface area (TPSA) is 66.4 Å². The summed E-state index contributed by atoms with van der Waals surface area (Å²) in [7, 11) is 0. The summed E-state index contributed by atoms with van der Waals surface area (Å²) >= 11 is 0. The van der Waals surface area contributed by atoms with Crippen LogP contribution in [0, 0.1) is 5.82 Å². The molecule has 86 valence electrons. The van der Waals surface area contributed by atoms with E-state index in [0.29, 0.717) is 5.56 Å². The number of carbonyl (C=O) groups is 2. The highest BCUT2D eigenvalue weighted by Gasteiger charge is 2.12. The van der Waals surface area contributed by atoms with E-state index in [1.165, 1.54) is 31.2 Å². The average Bonchev–Trinajstić information content (AvgIpc) is 2.26. The number of halogens is 1. The fourth-order valence-electron chi connectivity index (χ4n) is 1.07. The molecule has 0 unspecified atom stereocenters. The number of benzene rings is 1. The molecule has 0 heterocycles. The van der Waals surface area contributed by atoms with Crippen LogP contribution < -0.4 is 5.32 Å². The molecular formula is C11H12FNO3. The molecule has 16 heavy (non-hydrogen) atoms. The van der Waals surface area contributed by atoms with Gasteiger partial charge in [0.1, 0.15) is 11.9 Å². The van der Waals surface area contributed by atoms with E-state index in [-0.39, 0.29) is 12.3 Å². The van der Waals surface area contributed by atoms with Crippen LogP contribution in [-0.4, -0.2) is 29.4 Å². The Kier molecular flexibility index (Phi) is 4.13. The van der Waals surface area contributed by atoms with Crippen molar-refractivity contribution >= 4 is 11.8 Å². The van der Waals surface area contributed by atoms with Crippen molar-refractivity contribution in [3.8, 4) is 0 Å². The lowest BCUT2D eigenvalue weighted by Gasteiger charge is -2.07. The number of Topliss-reactive ketones (excluding diaryl/α,β-unsaturated/α-hetero) is 1. The summed E-state index contributed by atoms with van der Waals surface area (Å²) in [6, 6.07) is 4.32. The third-order valence-corrected chi connectivity index (χ3v) is 2.11. The Hall–Kier alpha value is -1.75. The van der Waals surface area contributed by atoms with Gasteiger partial charge in [-0.2, -0.15) is 0 Å². The number of carbonyl (C=O) groups excluding carboxylic acids is 1. The van der Waals surface area contributed by atoms with Crippen molar-refractivity contribution in [3.63, 3.8) is 0 Å². The minimum Gasteiger partial charge on any atom is -0.480 e. The fourth-order valence-corrected chi connectivity index (χ4v) is 1.07. The molecule has 2 N–H and O–H groups in total. The third kappa shape index (κ3) is 3.43. The van der Waals surface area contributed by atoms with Crippen LogP contribution in [0.5, 0.6) is 0 Å². The molecule has 0 amide bonds. The highest BCUT2D eigenvalue weighted by molar-refractivity contribution is 5.97. The molecule has 0 radical (unpaired) electrons. The van der Waals surface area contributed by atoms with Crippen LogP contribution in [0.25, 0.3) is 0 Å². The van der Waals surface area contributed by atoms with Gasteiger partial charge >= 0.3 is 5.97 Å². The Morgan fingerprint density at radius 2 is 1.94 bits per heavy atom. The molecule has 0 saturated carbocycles. The zero-order chi connectivity index (χ0) is 12.1. The zero-order valence-electron chi connectivity index (χ0n) is 8.74. The second kappa shape index (κ2) is 5.37. The van der Waals surface area contributed by atoms with E-state index in [1.54, 1.807) is 0 Å². The van der Waals surface area contributed by atoms with Crippen LogP contribution in [0.2, 0.25) is 0 Å². The monoisotopic (exact) mass is 225 g/mol. The van der Waals surface area contributed by atoms with E-state index in [1.807, 2.05) is 0 Å². The Labute approximate surface area is 92.1 Å². The maximum atomic E-state index is 12.6. The van der Waals surface area contributed by atoms with Crippen LogP contribution in [0.3, 0.4) is 0 Å². The standard InChI is InChI=1S/C11H12FNO3/c1-7(11(15)16)13-6-10(14)8-2-4-9(12)5-3-8/h2-5,7,13H,6H2,1H3,(H,15,16)/t7-/m0/s1. The van der Waals surface area contributed by atoms with E-state index in [0.717, 1.165) is 0 Å². The Balaban J connectivity index is 2.53. The molecule has 0 bridgehead atoms. The molecule has 1 aromatic carbocycles. The van der Waals surface area contributed by atoms with Gasteiger partial charge in [-0.05, 0) is 31.2 Å². The number of hydrogen-bond acceptors (Lipinski definition) is 3. The van der Waals surface area contributed by atoms with Crippen molar-refractivity contribution in [1.82, 2.24) is 5.32 Å². The SMILES string of the molecule is C[C@H](NCC(=O)c1ccc(F)cc1)C(=O)O. The molecule has 0 fully saturated rings. The first-order valence-corrected chi connectivity index (χ1v) is 4.75. The van der Waals surface area contributed by atoms with Gasteiger partial charge in [-0.3, -0.25) is 14.9 Å². The molecule has 0 aliphatic heterocycles. The minimum atomic E-state index is -1.02. The molecule has 0 saturated heterocycles. The van der Waals surface area contributed by atoms with Crippen LogP contribution in [0.15, 0.2) is 24.3 Å². The summed E-state index contributed by atoms with van der Waals surface area (Å²) in [5.41, 5.74) is 0.353. The number of hydrogen-bond donors (Lipinski definition) is 2. The summed E-state index contributed by atoms with van der Waals surface area (Å²) < 4.78 is 12.6. The van der Waals surface area contributed by atoms with Crippen molar-refractivity contribution in [2.45, 2.75) is 13.0 Å². The molecule has 5 heteroatoms. The maximum absolute atomic E-state index is 12.6. The van der Waals surface area contributed by atoms with Gasteiger partial charge in [-0.25, -0.2) is 4.39 Å². The molecule has 0 spiro atoms. The van der Waals surface area contributed by atoms with Crippen LogP contribution >= 0.6 is 0 Å². The highest BCUT2D eigenvalue weighted by atomic mass is 19.1. The molecule has 4 nitrogen and oxygen atoms in total. The van der Waals surface area contributed by atoms with E-state index in [2.05, 4.69) is 5.32 Å². The van der Waals surface area contributed by atoms with Gasteiger partial charge in [-0.15, -0.1) is 0 Å². The highest BCUT2D eigenvalue weighted by Crippen LogP contribution is 2.03. The maximum Gasteiger partial charge on any atom is 0.320 e. The number of nitrogens with one attached hydrogen (secondary N) is 1. The zero-order valence-corrected chi connectivity index (χ0v) is 8.74. The molecule has 1 atom stereocenters. The second-order valence-electron chi connectivity index (χ2n) is 3.37. The van der Waals surface area contributed by atoms with Crippen LogP contribution in [0.4, 0.5) is 4.39 Å². The summed E-state index contributed by atoms with van der Waals surface area (Å²) in [5.74, 6) is -1.71. The third-order valence-electron chi connectivity index (χ3n) is 2.11. The lowest BCUT2D eigenvalue weighted by atomic mass is 10.1. The van der Waals surface area contributed by atoms with Crippen molar-refractivity contribution < 1.29 is 19.1 Å². The van der Waals surface area contributed by atoms with Crippen molar-refractivity contribution in [3.05, 3.63) is 35.6 Å². The van der Waals surface area contributed by atoms with Gasteiger partial charge in [0.2, 0.25) is 0 Å². The van der Waals surface area contributed by atoms with Gasteiger partial charge in [-0.1, -0.05) is 0 Å². The quantitative estimate of drug-likeness (QED) is 0.736. The Morgan fingerprint density at radius 3 is 2.44 bits per heavy atom. The summed E-state index contributed by atoms with van der Waals surface area (Å²) in [5, 5.41) is 11.1. The summed E-state index contributed by atoms with van der Waals surface area (Å²) in [6.07, 6.45) is 0. The minimum absolute atomic E-state index is 0.0842. The average molecular weight is 225 g/mol. The second-order valence-corrected chi connectivity index (χ2v) is 3.37. The van der Waals surface area contributed by atoms with Crippen LogP contribution in [-0.2, 0) is 4.79 Å². The molecule has 0 aliphatic carbocycles. The van der Waals surface area contributed by atoms with Gasteiger partial charge in [0.15, 0.2) is 5.78 Å². The predicted octanol–water partition coefficient (Wildman–Crippen LogP) is 1.07. The molecule has 0 aromatic heterocycles. The fraction of sp³-hybridized carbons (Fsp3) is 0.273. The lowest BCUT2D eigenvalue weighted by molar-refractivity contribution is -0.138. The van der Waals surface area contributed by atoms with E-state index in [4.69, 9.17) is 5.11 Å². The number of rotatable bonds is 5. The normalized spacial score (nSPS) is 12.1. The number of ketones is 1. The first-order chi connectivity index (χ1) is 7.50. The van der Waals surface area contributed by atoms with Crippen molar-refractivity contribution in [2.24, 2.45) is 0 Å². The molecule has 1 aromatic rings.